The first kappa shape index (κ1) is 14.3. The molecule has 1 rings (SSSR count). The summed E-state index contributed by atoms with van der Waals surface area (Å²) in [7, 11) is 0. The van der Waals surface area contributed by atoms with Crippen molar-refractivity contribution in [2.75, 3.05) is 5.32 Å². The van der Waals surface area contributed by atoms with Crippen molar-refractivity contribution in [2.24, 2.45) is 0 Å². The van der Waals surface area contributed by atoms with Crippen molar-refractivity contribution in [2.45, 2.75) is 3.79 Å². The van der Waals surface area contributed by atoms with Gasteiger partial charge in [-0.3, -0.25) is 14.9 Å². The molecule has 0 spiro atoms. The van der Waals surface area contributed by atoms with Crippen LogP contribution in [-0.2, 0) is 4.79 Å². The Balaban J connectivity index is 3.02. The van der Waals surface area contributed by atoms with Crippen LogP contribution in [0, 0.1) is 10.1 Å². The van der Waals surface area contributed by atoms with Crippen LogP contribution in [-0.4, -0.2) is 14.6 Å². The second kappa shape index (κ2) is 5.27. The van der Waals surface area contributed by atoms with E-state index in [1.807, 2.05) is 0 Å². The summed E-state index contributed by atoms with van der Waals surface area (Å²) in [6.45, 7) is 0. The number of halogens is 4. The van der Waals surface area contributed by atoms with Gasteiger partial charge in [-0.15, -0.1) is 0 Å². The van der Waals surface area contributed by atoms with Gasteiger partial charge in [-0.25, -0.2) is 0 Å². The van der Waals surface area contributed by atoms with Gasteiger partial charge in [0, 0.05) is 12.1 Å². The third-order valence-corrected chi connectivity index (χ3v) is 2.51. The number of carbonyl (C=O) groups excluding carboxylic acids is 1. The predicted molar refractivity (Wildman–Crippen MR) is 67.0 cm³/mol. The fourth-order valence-corrected chi connectivity index (χ4v) is 1.22. The SMILES string of the molecule is O=C(Nc1cc([N+](=O)[O-])ccc1Cl)C(Cl)(Cl)Cl. The van der Waals surface area contributed by atoms with E-state index in [9.17, 15) is 14.9 Å². The molecule has 0 heterocycles. The second-order valence-corrected chi connectivity index (χ2v) is 5.56. The molecule has 0 atom stereocenters. The lowest BCUT2D eigenvalue weighted by atomic mass is 10.3. The Kier molecular flexibility index (Phi) is 4.43. The number of nitro benzene ring substituents is 1. The van der Waals surface area contributed by atoms with Crippen LogP contribution in [0.5, 0.6) is 0 Å². The summed E-state index contributed by atoms with van der Waals surface area (Å²) in [6, 6.07) is 3.51. The van der Waals surface area contributed by atoms with Crippen LogP contribution in [0.25, 0.3) is 0 Å². The largest absolute Gasteiger partial charge is 0.321 e. The Morgan fingerprint density at radius 3 is 2.41 bits per heavy atom. The number of nitrogens with one attached hydrogen (secondary N) is 1. The molecule has 0 aromatic heterocycles. The van der Waals surface area contributed by atoms with Gasteiger partial charge in [0.05, 0.1) is 15.6 Å². The summed E-state index contributed by atoms with van der Waals surface area (Å²) in [6.07, 6.45) is 0. The first-order valence-electron chi connectivity index (χ1n) is 4.04. The van der Waals surface area contributed by atoms with Crippen LogP contribution >= 0.6 is 46.4 Å². The lowest BCUT2D eigenvalue weighted by Gasteiger charge is -2.12. The Hall–Kier alpha value is -0.750. The highest BCUT2D eigenvalue weighted by Crippen LogP contribution is 2.31. The molecule has 0 radical (unpaired) electrons. The van der Waals surface area contributed by atoms with Crippen LogP contribution in [0.15, 0.2) is 18.2 Å². The van der Waals surface area contributed by atoms with Gasteiger partial charge < -0.3 is 5.32 Å². The maximum absolute atomic E-state index is 11.3. The van der Waals surface area contributed by atoms with E-state index >= 15 is 0 Å². The molecule has 0 unspecified atom stereocenters. The zero-order chi connectivity index (χ0) is 13.2. The standard InChI is InChI=1S/C8H4Cl4N2O3/c9-5-2-1-4(14(16)17)3-6(5)13-7(15)8(10,11)12/h1-3H,(H,13,15). The van der Waals surface area contributed by atoms with Crippen molar-refractivity contribution in [1.82, 2.24) is 0 Å². The van der Waals surface area contributed by atoms with E-state index in [0.717, 1.165) is 6.07 Å². The number of rotatable bonds is 2. The molecule has 0 bridgehead atoms. The molecule has 9 heteroatoms. The lowest BCUT2D eigenvalue weighted by molar-refractivity contribution is -0.384. The van der Waals surface area contributed by atoms with Crippen molar-refractivity contribution in [3.05, 3.63) is 33.3 Å². The van der Waals surface area contributed by atoms with E-state index in [-0.39, 0.29) is 16.4 Å². The van der Waals surface area contributed by atoms with Gasteiger partial charge in [-0.05, 0) is 6.07 Å². The number of benzene rings is 1. The number of hydrogen-bond acceptors (Lipinski definition) is 3. The highest BCUT2D eigenvalue weighted by atomic mass is 35.6. The van der Waals surface area contributed by atoms with Crippen molar-refractivity contribution < 1.29 is 9.72 Å². The van der Waals surface area contributed by atoms with Crippen molar-refractivity contribution >= 4 is 63.7 Å². The molecule has 0 saturated heterocycles. The first-order chi connectivity index (χ1) is 7.71. The van der Waals surface area contributed by atoms with Crippen LogP contribution in [0.2, 0.25) is 5.02 Å². The number of non-ortho nitro benzene ring substituents is 1. The number of nitrogens with zero attached hydrogens (tertiary/aromatic N) is 1. The van der Waals surface area contributed by atoms with Crippen LogP contribution in [0.1, 0.15) is 0 Å². The Morgan fingerprint density at radius 2 is 1.94 bits per heavy atom. The average molecular weight is 318 g/mol. The third-order valence-electron chi connectivity index (χ3n) is 1.67. The molecule has 0 fully saturated rings. The molecule has 0 aliphatic carbocycles. The maximum atomic E-state index is 11.3. The van der Waals surface area contributed by atoms with Gasteiger partial charge in [-0.1, -0.05) is 46.4 Å². The molecule has 5 nitrogen and oxygen atoms in total. The van der Waals surface area contributed by atoms with E-state index < -0.39 is 14.6 Å². The summed E-state index contributed by atoms with van der Waals surface area (Å²) in [4.78, 5) is 21.2. The minimum Gasteiger partial charge on any atom is -0.321 e. The summed E-state index contributed by atoms with van der Waals surface area (Å²) in [5.41, 5.74) is -0.244. The van der Waals surface area contributed by atoms with Crippen LogP contribution in [0.3, 0.4) is 0 Å². The topological polar surface area (TPSA) is 72.2 Å². The van der Waals surface area contributed by atoms with E-state index in [4.69, 9.17) is 46.4 Å². The smallest absolute Gasteiger partial charge is 0.276 e. The van der Waals surface area contributed by atoms with E-state index in [2.05, 4.69) is 5.32 Å². The Morgan fingerprint density at radius 1 is 1.35 bits per heavy atom. The molecule has 0 aliphatic heterocycles. The molecule has 92 valence electrons. The number of hydrogen-bond donors (Lipinski definition) is 1. The molecule has 0 aliphatic rings. The molecule has 17 heavy (non-hydrogen) atoms. The molecular weight excluding hydrogens is 314 g/mol. The zero-order valence-electron chi connectivity index (χ0n) is 7.92. The highest BCUT2D eigenvalue weighted by molar-refractivity contribution is 6.76. The first-order valence-corrected chi connectivity index (χ1v) is 5.55. The lowest BCUT2D eigenvalue weighted by Crippen LogP contribution is -2.27. The predicted octanol–water partition coefficient (Wildman–Crippen LogP) is 3.56. The van der Waals surface area contributed by atoms with E-state index in [1.165, 1.54) is 12.1 Å². The number of nitro groups is 1. The summed E-state index contributed by atoms with van der Waals surface area (Å²) in [5, 5.41) is 12.8. The van der Waals surface area contributed by atoms with Crippen molar-refractivity contribution in [3.8, 4) is 0 Å². The normalized spacial score (nSPS) is 11.1. The Labute approximate surface area is 116 Å². The minimum absolute atomic E-state index is 0.00260. The number of carbonyl (C=O) groups is 1. The van der Waals surface area contributed by atoms with Crippen molar-refractivity contribution in [1.29, 1.82) is 0 Å². The summed E-state index contributed by atoms with van der Waals surface area (Å²) in [5.74, 6) is -0.954. The van der Waals surface area contributed by atoms with E-state index in [1.54, 1.807) is 0 Å². The minimum atomic E-state index is -2.17. The average Bonchev–Trinajstić information content (AvgIpc) is 2.19. The van der Waals surface area contributed by atoms with E-state index in [0.29, 0.717) is 0 Å². The van der Waals surface area contributed by atoms with Gasteiger partial charge >= 0.3 is 0 Å². The molecule has 1 aromatic rings. The van der Waals surface area contributed by atoms with Gasteiger partial charge in [0.15, 0.2) is 0 Å². The maximum Gasteiger partial charge on any atom is 0.276 e. The number of amides is 1. The van der Waals surface area contributed by atoms with Crippen LogP contribution in [0.4, 0.5) is 11.4 Å². The Bertz CT molecular complexity index is 472. The molecule has 0 saturated carbocycles. The second-order valence-electron chi connectivity index (χ2n) is 2.87. The number of alkyl halides is 3. The molecular formula is C8H4Cl4N2O3. The molecule has 1 amide bonds. The fraction of sp³-hybridized carbons (Fsp3) is 0.125. The van der Waals surface area contributed by atoms with Crippen molar-refractivity contribution in [3.63, 3.8) is 0 Å². The monoisotopic (exact) mass is 316 g/mol. The third kappa shape index (κ3) is 3.89. The van der Waals surface area contributed by atoms with Gasteiger partial charge in [-0.2, -0.15) is 0 Å². The van der Waals surface area contributed by atoms with Gasteiger partial charge in [0.1, 0.15) is 0 Å². The van der Waals surface area contributed by atoms with Crippen LogP contribution < -0.4 is 5.32 Å². The molecule has 1 N–H and O–H groups in total. The fourth-order valence-electron chi connectivity index (χ4n) is 0.916. The number of anilines is 1. The summed E-state index contributed by atoms with van der Waals surface area (Å²) >= 11 is 21.7. The summed E-state index contributed by atoms with van der Waals surface area (Å²) < 4.78 is -2.17. The quantitative estimate of drug-likeness (QED) is 0.515. The van der Waals surface area contributed by atoms with Gasteiger partial charge in [0.2, 0.25) is 0 Å². The molecule has 1 aromatic carbocycles. The van der Waals surface area contributed by atoms with Gasteiger partial charge in [0.25, 0.3) is 15.4 Å². The highest BCUT2D eigenvalue weighted by Gasteiger charge is 2.31. The zero-order valence-corrected chi connectivity index (χ0v) is 10.9.